The number of aliphatic hydroxyl groups excluding tert-OH is 2. The molecule has 0 saturated heterocycles. The van der Waals surface area contributed by atoms with E-state index in [-0.39, 0.29) is 49.2 Å². The first kappa shape index (κ1) is 27.1. The summed E-state index contributed by atoms with van der Waals surface area (Å²) >= 11 is 0. The van der Waals surface area contributed by atoms with Gasteiger partial charge in [0.2, 0.25) is 6.79 Å². The number of carbonyl (C=O) groups is 1. The molecule has 1 aromatic carbocycles. The van der Waals surface area contributed by atoms with Crippen LogP contribution in [-0.4, -0.2) is 52.3 Å². The van der Waals surface area contributed by atoms with Crippen molar-refractivity contribution in [2.45, 2.75) is 65.7 Å². The maximum absolute atomic E-state index is 13.4. The van der Waals surface area contributed by atoms with Gasteiger partial charge >= 0.3 is 5.97 Å². The number of hydrogen-bond donors (Lipinski definition) is 2. The number of ether oxygens (including phenoxy) is 4. The van der Waals surface area contributed by atoms with E-state index in [1.807, 2.05) is 33.8 Å². The Hall–Kier alpha value is -3.47. The van der Waals surface area contributed by atoms with Crippen molar-refractivity contribution >= 4 is 16.9 Å². The van der Waals surface area contributed by atoms with Gasteiger partial charge in [-0.25, -0.2) is 9.78 Å². The van der Waals surface area contributed by atoms with Gasteiger partial charge in [0.1, 0.15) is 6.61 Å². The van der Waals surface area contributed by atoms with Gasteiger partial charge in [-0.1, -0.05) is 27.7 Å². The fraction of sp³-hybridized carbons (Fsp3) is 0.483. The van der Waals surface area contributed by atoms with Crippen LogP contribution in [0.3, 0.4) is 0 Å². The summed E-state index contributed by atoms with van der Waals surface area (Å²) in [6.07, 6.45) is 0.0866. The van der Waals surface area contributed by atoms with Crippen LogP contribution in [0.5, 0.6) is 11.5 Å². The third-order valence-electron chi connectivity index (χ3n) is 7.43. The number of fused-ring (bicyclic) bond motifs is 7. The minimum absolute atomic E-state index is 0.0452. The van der Waals surface area contributed by atoms with E-state index in [1.54, 1.807) is 10.6 Å². The standard InChI is InChI=1S/C25H22N2O8.2C2H6/c28-3-4-32-8-11-1-2-12-20-16(6-18-23(12)35-10-34-18)26-21-14(19(11)20)7-27-17(21)5-13-15(24(27)30)9-33-25(31)22(13)29;2*1-2/h5-6,11,22,28-29H,1-4,7-10H2;2*1-2H3. The average molecular weight is 539 g/mol. The molecule has 3 aliphatic heterocycles. The SMILES string of the molecule is CC.CC.O=C1OCc2c(cc3n(c2=O)Cc2c-3nc3cc4c(c5c3c2C(COCCO)CC5)OCO4)C1O. The maximum Gasteiger partial charge on any atom is 0.340 e. The molecule has 2 aromatic heterocycles. The number of benzene rings is 1. The maximum atomic E-state index is 13.4. The third kappa shape index (κ3) is 4.18. The van der Waals surface area contributed by atoms with Gasteiger partial charge in [0.05, 0.1) is 48.8 Å². The van der Waals surface area contributed by atoms with Crippen LogP contribution in [0.4, 0.5) is 0 Å². The van der Waals surface area contributed by atoms with E-state index in [0.29, 0.717) is 30.3 Å². The summed E-state index contributed by atoms with van der Waals surface area (Å²) in [6, 6.07) is 3.56. The lowest BCUT2D eigenvalue weighted by atomic mass is 9.79. The molecule has 0 bridgehead atoms. The lowest BCUT2D eigenvalue weighted by molar-refractivity contribution is -0.157. The number of aliphatic hydroxyl groups is 2. The fourth-order valence-corrected chi connectivity index (χ4v) is 5.89. The summed E-state index contributed by atoms with van der Waals surface area (Å²) in [4.78, 5) is 30.3. The molecule has 208 valence electrons. The van der Waals surface area contributed by atoms with Crippen molar-refractivity contribution in [3.8, 4) is 22.9 Å². The largest absolute Gasteiger partial charge is 0.458 e. The Kier molecular flexibility index (Phi) is 7.61. The highest BCUT2D eigenvalue weighted by Gasteiger charge is 2.38. The quantitative estimate of drug-likeness (QED) is 0.297. The van der Waals surface area contributed by atoms with E-state index in [2.05, 4.69) is 0 Å². The molecule has 2 N–H and O–H groups in total. The second-order valence-corrected chi connectivity index (χ2v) is 9.23. The Labute approximate surface area is 226 Å². The van der Waals surface area contributed by atoms with E-state index < -0.39 is 12.1 Å². The zero-order valence-electron chi connectivity index (χ0n) is 22.7. The van der Waals surface area contributed by atoms with Gasteiger partial charge in [-0.2, -0.15) is 0 Å². The van der Waals surface area contributed by atoms with Crippen LogP contribution in [0.25, 0.3) is 22.3 Å². The smallest absolute Gasteiger partial charge is 0.340 e. The van der Waals surface area contributed by atoms with Crippen molar-refractivity contribution in [3.05, 3.63) is 50.3 Å². The van der Waals surface area contributed by atoms with E-state index in [4.69, 9.17) is 23.9 Å². The molecule has 3 aromatic rings. The van der Waals surface area contributed by atoms with Crippen LogP contribution in [0.1, 0.15) is 74.0 Å². The van der Waals surface area contributed by atoms with Crippen molar-refractivity contribution in [3.63, 3.8) is 0 Å². The minimum atomic E-state index is -1.50. The summed E-state index contributed by atoms with van der Waals surface area (Å²) in [6.45, 7) is 8.95. The minimum Gasteiger partial charge on any atom is -0.458 e. The second kappa shape index (κ2) is 11.0. The molecule has 2 atom stereocenters. The van der Waals surface area contributed by atoms with Crippen LogP contribution < -0.4 is 15.0 Å². The highest BCUT2D eigenvalue weighted by atomic mass is 16.7. The number of nitrogens with zero attached hydrogens (tertiary/aromatic N) is 2. The molecular formula is C29H34N2O8. The van der Waals surface area contributed by atoms with Crippen molar-refractivity contribution < 1.29 is 34.0 Å². The number of aryl methyl sites for hydroxylation is 1. The molecular weight excluding hydrogens is 504 g/mol. The first-order chi connectivity index (χ1) is 19.1. The summed E-state index contributed by atoms with van der Waals surface area (Å²) in [5.41, 5.74) is 5.27. The lowest BCUT2D eigenvalue weighted by Gasteiger charge is -2.28. The number of rotatable bonds is 4. The summed E-state index contributed by atoms with van der Waals surface area (Å²) in [5, 5.41) is 20.6. The highest BCUT2D eigenvalue weighted by molar-refractivity contribution is 5.95. The summed E-state index contributed by atoms with van der Waals surface area (Å²) < 4.78 is 23.9. The van der Waals surface area contributed by atoms with Gasteiger partial charge in [-0.3, -0.25) is 4.79 Å². The van der Waals surface area contributed by atoms with Crippen LogP contribution in [0.15, 0.2) is 16.9 Å². The normalized spacial score (nSPS) is 19.2. The molecule has 10 heteroatoms. The van der Waals surface area contributed by atoms with Gasteiger partial charge in [0.15, 0.2) is 17.6 Å². The van der Waals surface area contributed by atoms with Crippen LogP contribution >= 0.6 is 0 Å². The fourth-order valence-electron chi connectivity index (χ4n) is 5.89. The molecule has 39 heavy (non-hydrogen) atoms. The molecule has 1 aliphatic carbocycles. The number of pyridine rings is 2. The number of esters is 1. The Morgan fingerprint density at radius 1 is 1.08 bits per heavy atom. The van der Waals surface area contributed by atoms with Crippen LogP contribution in [0.2, 0.25) is 0 Å². The number of cyclic esters (lactones) is 1. The molecule has 7 rings (SSSR count). The van der Waals surface area contributed by atoms with Gasteiger partial charge in [0.25, 0.3) is 5.56 Å². The van der Waals surface area contributed by atoms with E-state index in [1.165, 1.54) is 0 Å². The monoisotopic (exact) mass is 538 g/mol. The van der Waals surface area contributed by atoms with E-state index in [9.17, 15) is 19.8 Å². The lowest BCUT2D eigenvalue weighted by Crippen LogP contribution is -2.32. The van der Waals surface area contributed by atoms with Crippen molar-refractivity contribution in [2.24, 2.45) is 0 Å². The zero-order valence-corrected chi connectivity index (χ0v) is 22.7. The van der Waals surface area contributed by atoms with Gasteiger partial charge in [0, 0.05) is 34.1 Å². The Bertz CT molecular complexity index is 1500. The number of hydrogen-bond acceptors (Lipinski definition) is 9. The molecule has 0 saturated carbocycles. The van der Waals surface area contributed by atoms with Crippen molar-refractivity contribution in [2.75, 3.05) is 26.6 Å². The van der Waals surface area contributed by atoms with Gasteiger partial charge in [-0.15, -0.1) is 0 Å². The molecule has 10 nitrogen and oxygen atoms in total. The highest BCUT2D eigenvalue weighted by Crippen LogP contribution is 2.50. The molecule has 0 spiro atoms. The first-order valence-electron chi connectivity index (χ1n) is 13.6. The van der Waals surface area contributed by atoms with Crippen molar-refractivity contribution in [1.82, 2.24) is 9.55 Å². The first-order valence-corrected chi connectivity index (χ1v) is 13.6. The Morgan fingerprint density at radius 3 is 2.64 bits per heavy atom. The number of carbonyl (C=O) groups excluding carboxylic acids is 1. The van der Waals surface area contributed by atoms with Crippen LogP contribution in [-0.2, 0) is 33.8 Å². The molecule has 0 amide bonds. The third-order valence-corrected chi connectivity index (χ3v) is 7.43. The van der Waals surface area contributed by atoms with Crippen LogP contribution in [0, 0.1) is 0 Å². The van der Waals surface area contributed by atoms with Gasteiger partial charge < -0.3 is 33.7 Å². The molecule has 5 heterocycles. The second-order valence-electron chi connectivity index (χ2n) is 9.23. The van der Waals surface area contributed by atoms with Gasteiger partial charge in [-0.05, 0) is 24.5 Å². The van der Waals surface area contributed by atoms with E-state index in [0.717, 1.165) is 46.2 Å². The molecule has 4 aliphatic rings. The topological polar surface area (TPSA) is 129 Å². The predicted molar refractivity (Wildman–Crippen MR) is 143 cm³/mol. The molecule has 2 unspecified atom stereocenters. The predicted octanol–water partition coefficient (Wildman–Crippen LogP) is 3.34. The number of aromatic nitrogens is 2. The van der Waals surface area contributed by atoms with E-state index >= 15 is 0 Å². The average Bonchev–Trinajstić information content (AvgIpc) is 3.59. The van der Waals surface area contributed by atoms with Crippen molar-refractivity contribution in [1.29, 1.82) is 0 Å². The Morgan fingerprint density at radius 2 is 1.87 bits per heavy atom. The zero-order chi connectivity index (χ0) is 27.8. The summed E-state index contributed by atoms with van der Waals surface area (Å²) in [7, 11) is 0. The molecule has 0 radical (unpaired) electrons. The Balaban J connectivity index is 0.000000738. The summed E-state index contributed by atoms with van der Waals surface area (Å²) in [5.74, 6) is 0.681. The molecule has 0 fully saturated rings.